The fraction of sp³-hybridized carbons (Fsp3) is 0.789. The fourth-order valence-corrected chi connectivity index (χ4v) is 11.1. The number of ether oxygens (including phenoxy) is 3. The number of hydrogen-bond donors (Lipinski definition) is 0. The molecule has 0 unspecified atom stereocenters. The molecule has 0 aromatic heterocycles. The molecule has 4 bridgehead atoms. The zero-order chi connectivity index (χ0) is 18.0. The van der Waals surface area contributed by atoms with Gasteiger partial charge in [0.1, 0.15) is 11.2 Å². The van der Waals surface area contributed by atoms with E-state index in [1.807, 2.05) is 0 Å². The Balaban J connectivity index is 1.82. The van der Waals surface area contributed by atoms with Gasteiger partial charge in [0.25, 0.3) is 0 Å². The molecule has 1 aliphatic heterocycles. The Morgan fingerprint density at radius 2 is 1.72 bits per heavy atom. The predicted molar refractivity (Wildman–Crippen MR) is 92.6 cm³/mol. The summed E-state index contributed by atoms with van der Waals surface area (Å²) in [4.78, 5) is 25.6. The quantitative estimate of drug-likeness (QED) is 0.439. The molecule has 1 heterocycles. The average molecular weight is 362 g/mol. The van der Waals surface area contributed by atoms with E-state index >= 15 is 0 Å². The lowest BCUT2D eigenvalue weighted by molar-refractivity contribution is -0.140. The molecule has 1 saturated heterocycles. The van der Waals surface area contributed by atoms with Gasteiger partial charge in [-0.1, -0.05) is 19.6 Å². The number of hydrogen-bond acceptors (Lipinski definition) is 5. The molecule has 0 amide bonds. The van der Waals surface area contributed by atoms with Crippen molar-refractivity contribution in [2.24, 2.45) is 17.8 Å². The van der Waals surface area contributed by atoms with Gasteiger partial charge in [-0.25, -0.2) is 9.59 Å². The Hall–Kier alpha value is -1.14. The molecule has 4 aliphatic carbocycles. The number of carbonyl (C=O) groups excluding carboxylic acids is 2. The zero-order valence-electron chi connectivity index (χ0n) is 15.6. The van der Waals surface area contributed by atoms with E-state index in [0.717, 1.165) is 6.42 Å². The number of esters is 2. The van der Waals surface area contributed by atoms with Gasteiger partial charge in [0.05, 0.1) is 33.4 Å². The third kappa shape index (κ3) is 1.29. The standard InChI is InChI=1S/C19H26O5Si/c1-22-15(20)13-12-9-17(25(3,4)5,14(13)16(21)23-2)19-11-7-6-10(8-11)18(12,19)24-19/h10-12H,6-9H2,1-5H3/t10-,11-,12+,17-,18-,19-/m0/s1. The van der Waals surface area contributed by atoms with E-state index in [2.05, 4.69) is 19.6 Å². The van der Waals surface area contributed by atoms with Crippen LogP contribution in [0.25, 0.3) is 0 Å². The lowest BCUT2D eigenvalue weighted by Gasteiger charge is -2.47. The molecule has 0 N–H and O–H groups in total. The van der Waals surface area contributed by atoms with Crippen molar-refractivity contribution in [1.29, 1.82) is 0 Å². The van der Waals surface area contributed by atoms with Gasteiger partial charge in [-0.2, -0.15) is 0 Å². The van der Waals surface area contributed by atoms with Gasteiger partial charge < -0.3 is 14.2 Å². The molecule has 5 nitrogen and oxygen atoms in total. The van der Waals surface area contributed by atoms with Crippen LogP contribution in [0.2, 0.25) is 24.7 Å². The summed E-state index contributed by atoms with van der Waals surface area (Å²) in [5.74, 6) is 0.321. The maximum atomic E-state index is 12.9. The highest BCUT2D eigenvalue weighted by Gasteiger charge is 2.98. The summed E-state index contributed by atoms with van der Waals surface area (Å²) in [5, 5.41) is -0.332. The molecule has 5 rings (SSSR count). The van der Waals surface area contributed by atoms with Gasteiger partial charge in [0.2, 0.25) is 0 Å². The molecule has 4 fully saturated rings. The van der Waals surface area contributed by atoms with Crippen LogP contribution in [-0.4, -0.2) is 45.4 Å². The summed E-state index contributed by atoms with van der Waals surface area (Å²) in [6, 6.07) is 0. The largest absolute Gasteiger partial charge is 0.466 e. The van der Waals surface area contributed by atoms with Gasteiger partial charge in [-0.3, -0.25) is 0 Å². The maximum Gasteiger partial charge on any atom is 0.334 e. The van der Waals surface area contributed by atoms with Crippen LogP contribution in [0.1, 0.15) is 25.7 Å². The van der Waals surface area contributed by atoms with Crippen LogP contribution in [0.15, 0.2) is 11.1 Å². The molecule has 6 atom stereocenters. The highest BCUT2D eigenvalue weighted by atomic mass is 28.3. The molecule has 6 heteroatoms. The third-order valence-electron chi connectivity index (χ3n) is 8.26. The summed E-state index contributed by atoms with van der Waals surface area (Å²) in [5.41, 5.74) is 0.736. The summed E-state index contributed by atoms with van der Waals surface area (Å²) >= 11 is 0. The number of methoxy groups -OCH3 is 2. The van der Waals surface area contributed by atoms with Crippen molar-refractivity contribution in [2.75, 3.05) is 14.2 Å². The average Bonchev–Trinajstić information content (AvgIpc) is 2.92. The van der Waals surface area contributed by atoms with Crippen molar-refractivity contribution in [1.82, 2.24) is 0 Å². The van der Waals surface area contributed by atoms with Gasteiger partial charge in [0.15, 0.2) is 0 Å². The van der Waals surface area contributed by atoms with E-state index in [0.29, 0.717) is 23.0 Å². The van der Waals surface area contributed by atoms with Crippen molar-refractivity contribution in [3.63, 3.8) is 0 Å². The Bertz CT molecular complexity index is 751. The van der Waals surface area contributed by atoms with E-state index in [4.69, 9.17) is 14.2 Å². The van der Waals surface area contributed by atoms with Crippen LogP contribution in [-0.2, 0) is 23.8 Å². The Kier molecular flexibility index (Phi) is 2.71. The van der Waals surface area contributed by atoms with Crippen molar-refractivity contribution in [3.8, 4) is 0 Å². The van der Waals surface area contributed by atoms with Crippen molar-refractivity contribution in [3.05, 3.63) is 11.1 Å². The van der Waals surface area contributed by atoms with E-state index in [1.165, 1.54) is 33.5 Å². The van der Waals surface area contributed by atoms with Crippen molar-refractivity contribution < 1.29 is 23.8 Å². The van der Waals surface area contributed by atoms with Gasteiger partial charge in [-0.15, -0.1) is 0 Å². The summed E-state index contributed by atoms with van der Waals surface area (Å²) < 4.78 is 17.0. The first kappa shape index (κ1) is 16.1. The minimum Gasteiger partial charge on any atom is -0.466 e. The first-order valence-corrected chi connectivity index (χ1v) is 12.8. The minimum atomic E-state index is -1.93. The molecule has 0 aromatic rings. The second-order valence-electron chi connectivity index (χ2n) is 9.52. The molecule has 3 saturated carbocycles. The molecular formula is C19H26O5Si. The van der Waals surface area contributed by atoms with Crippen molar-refractivity contribution in [2.45, 2.75) is 61.6 Å². The number of carbonyl (C=O) groups is 2. The van der Waals surface area contributed by atoms with Crippen LogP contribution in [0.3, 0.4) is 0 Å². The van der Waals surface area contributed by atoms with Crippen molar-refractivity contribution >= 4 is 20.0 Å². The summed E-state index contributed by atoms with van der Waals surface area (Å²) in [7, 11) is 0.884. The van der Waals surface area contributed by atoms with E-state index in [-0.39, 0.29) is 34.1 Å². The zero-order valence-corrected chi connectivity index (χ0v) is 16.6. The molecule has 136 valence electrons. The predicted octanol–water partition coefficient (Wildman–Crippen LogP) is 2.68. The Morgan fingerprint density at radius 3 is 2.32 bits per heavy atom. The normalized spacial score (nSPS) is 48.4. The molecule has 5 aliphatic rings. The topological polar surface area (TPSA) is 65.1 Å². The van der Waals surface area contributed by atoms with Gasteiger partial charge in [-0.05, 0) is 37.5 Å². The van der Waals surface area contributed by atoms with E-state index in [1.54, 1.807) is 0 Å². The second kappa shape index (κ2) is 4.22. The SMILES string of the molecule is COC(=O)C1=C(C(=O)OC)[C@@]2([Si](C)(C)C)C[C@H]1[C@]13O[C@]12[C@H]1CC[C@H]3C1. The van der Waals surface area contributed by atoms with Gasteiger partial charge >= 0.3 is 11.9 Å². The minimum absolute atomic E-state index is 0.00363. The molecule has 0 spiro atoms. The highest BCUT2D eigenvalue weighted by Crippen LogP contribution is 2.93. The molecule has 25 heavy (non-hydrogen) atoms. The smallest absolute Gasteiger partial charge is 0.334 e. The second-order valence-corrected chi connectivity index (χ2v) is 14.9. The monoisotopic (exact) mass is 362 g/mol. The lowest BCUT2D eigenvalue weighted by Crippen LogP contribution is -2.54. The van der Waals surface area contributed by atoms with E-state index < -0.39 is 8.07 Å². The third-order valence-corrected chi connectivity index (χ3v) is 11.7. The van der Waals surface area contributed by atoms with Gasteiger partial charge in [0, 0.05) is 11.0 Å². The maximum absolute atomic E-state index is 12.9. The number of rotatable bonds is 3. The highest BCUT2D eigenvalue weighted by molar-refractivity contribution is 6.81. The van der Waals surface area contributed by atoms with Crippen LogP contribution in [0.5, 0.6) is 0 Å². The Morgan fingerprint density at radius 1 is 1.08 bits per heavy atom. The number of epoxide rings is 1. The summed E-state index contributed by atoms with van der Waals surface area (Å²) in [6.07, 6.45) is 4.43. The van der Waals surface area contributed by atoms with E-state index in [9.17, 15) is 9.59 Å². The fourth-order valence-electron chi connectivity index (χ4n) is 7.75. The first-order chi connectivity index (χ1) is 11.7. The van der Waals surface area contributed by atoms with Crippen LogP contribution >= 0.6 is 0 Å². The molecule has 0 radical (unpaired) electrons. The van der Waals surface area contributed by atoms with Crippen LogP contribution in [0, 0.1) is 17.8 Å². The van der Waals surface area contributed by atoms with Crippen LogP contribution < -0.4 is 0 Å². The molecule has 0 aromatic carbocycles. The summed E-state index contributed by atoms with van der Waals surface area (Å²) in [6.45, 7) is 6.93. The number of fused-ring (bicyclic) bond motifs is 4. The lowest BCUT2D eigenvalue weighted by atomic mass is 9.68. The first-order valence-electron chi connectivity index (χ1n) is 9.34. The van der Waals surface area contributed by atoms with Crippen LogP contribution in [0.4, 0.5) is 0 Å². The Labute approximate surface area is 149 Å². The molecular weight excluding hydrogens is 336 g/mol.